The highest BCUT2D eigenvalue weighted by atomic mass is 35.5. The van der Waals surface area contributed by atoms with Gasteiger partial charge in [0.1, 0.15) is 0 Å². The van der Waals surface area contributed by atoms with Crippen LogP contribution in [0.2, 0.25) is 5.02 Å². The van der Waals surface area contributed by atoms with Crippen LogP contribution >= 0.6 is 11.6 Å². The molecule has 0 radical (unpaired) electrons. The average Bonchev–Trinajstić information content (AvgIpc) is 2.62. The molecule has 0 amide bonds. The summed E-state index contributed by atoms with van der Waals surface area (Å²) in [5.74, 6) is 0. The summed E-state index contributed by atoms with van der Waals surface area (Å²) in [4.78, 5) is -0.220. The van der Waals surface area contributed by atoms with Crippen molar-refractivity contribution >= 4 is 37.3 Å². The van der Waals surface area contributed by atoms with Gasteiger partial charge in [-0.2, -0.15) is 0 Å². The zero-order valence-electron chi connectivity index (χ0n) is 15.7. The highest BCUT2D eigenvalue weighted by Gasteiger charge is 2.23. The molecule has 2 aromatic carbocycles. The molecular formula is C18H23ClN2O4S2. The standard InChI is InChI=1S/C18H23ClN2O4S2/c1-5-13-10-11-17(19)16(6-2)18(13)20-26(22,23)14-8-7-9-15(12-14)27(24,25)21(3)4/h7-12,20H,5-6H2,1-4H3. The van der Waals surface area contributed by atoms with Gasteiger partial charge < -0.3 is 0 Å². The third kappa shape index (κ3) is 4.45. The summed E-state index contributed by atoms with van der Waals surface area (Å²) in [5.41, 5.74) is 1.97. The summed E-state index contributed by atoms with van der Waals surface area (Å²) in [6.45, 7) is 3.81. The number of halogens is 1. The fourth-order valence-electron chi connectivity index (χ4n) is 2.64. The Labute approximate surface area is 166 Å². The molecule has 0 saturated heterocycles. The summed E-state index contributed by atoms with van der Waals surface area (Å²) >= 11 is 6.23. The van der Waals surface area contributed by atoms with Crippen LogP contribution in [-0.4, -0.2) is 35.2 Å². The molecule has 0 aliphatic rings. The topological polar surface area (TPSA) is 83.5 Å². The lowest BCUT2D eigenvalue weighted by Gasteiger charge is -2.17. The molecule has 6 nitrogen and oxygen atoms in total. The Morgan fingerprint density at radius 3 is 2.15 bits per heavy atom. The Morgan fingerprint density at radius 1 is 0.963 bits per heavy atom. The maximum atomic E-state index is 12.9. The van der Waals surface area contributed by atoms with Crippen molar-refractivity contribution in [3.05, 3.63) is 52.5 Å². The minimum absolute atomic E-state index is 0.0899. The van der Waals surface area contributed by atoms with Gasteiger partial charge in [0.2, 0.25) is 10.0 Å². The smallest absolute Gasteiger partial charge is 0.261 e. The quantitative estimate of drug-likeness (QED) is 0.728. The second-order valence-corrected chi connectivity index (χ2v) is 10.4. The highest BCUT2D eigenvalue weighted by Crippen LogP contribution is 2.31. The predicted molar refractivity (Wildman–Crippen MR) is 108 cm³/mol. The number of nitrogens with one attached hydrogen (secondary N) is 1. The van der Waals surface area contributed by atoms with E-state index in [1.54, 1.807) is 12.1 Å². The Hall–Kier alpha value is -1.61. The van der Waals surface area contributed by atoms with Gasteiger partial charge in [-0.3, -0.25) is 4.72 Å². The normalized spacial score (nSPS) is 12.4. The lowest BCUT2D eigenvalue weighted by molar-refractivity contribution is 0.520. The molecule has 9 heteroatoms. The van der Waals surface area contributed by atoms with Gasteiger partial charge in [0.15, 0.2) is 0 Å². The third-order valence-corrected chi connectivity index (χ3v) is 7.72. The van der Waals surface area contributed by atoms with Gasteiger partial charge in [0.05, 0.1) is 15.5 Å². The first-order valence-electron chi connectivity index (χ1n) is 8.40. The Balaban J connectivity index is 2.55. The third-order valence-electron chi connectivity index (χ3n) is 4.21. The molecule has 0 bridgehead atoms. The van der Waals surface area contributed by atoms with E-state index in [0.717, 1.165) is 15.9 Å². The number of rotatable bonds is 7. The van der Waals surface area contributed by atoms with Gasteiger partial charge in [-0.1, -0.05) is 37.6 Å². The van der Waals surface area contributed by atoms with Crippen molar-refractivity contribution in [2.75, 3.05) is 18.8 Å². The van der Waals surface area contributed by atoms with Crippen molar-refractivity contribution < 1.29 is 16.8 Å². The summed E-state index contributed by atoms with van der Waals surface area (Å²) in [5, 5.41) is 0.483. The highest BCUT2D eigenvalue weighted by molar-refractivity contribution is 7.93. The number of aryl methyl sites for hydroxylation is 1. The first kappa shape index (κ1) is 21.7. The fourth-order valence-corrected chi connectivity index (χ4v) is 5.14. The zero-order chi connectivity index (χ0) is 20.4. The van der Waals surface area contributed by atoms with Crippen LogP contribution in [0.4, 0.5) is 5.69 Å². The van der Waals surface area contributed by atoms with E-state index < -0.39 is 20.0 Å². The Kier molecular flexibility index (Phi) is 6.57. The maximum Gasteiger partial charge on any atom is 0.261 e. The van der Waals surface area contributed by atoms with Gasteiger partial charge in [0.25, 0.3) is 10.0 Å². The molecule has 0 aliphatic heterocycles. The molecule has 2 rings (SSSR count). The van der Waals surface area contributed by atoms with Gasteiger partial charge in [-0.15, -0.1) is 0 Å². The number of sulfonamides is 2. The number of hydrogen-bond acceptors (Lipinski definition) is 4. The SMILES string of the molecule is CCc1ccc(Cl)c(CC)c1NS(=O)(=O)c1cccc(S(=O)(=O)N(C)C)c1. The van der Waals surface area contributed by atoms with Crippen molar-refractivity contribution in [1.29, 1.82) is 0 Å². The van der Waals surface area contributed by atoms with E-state index in [0.29, 0.717) is 29.1 Å². The monoisotopic (exact) mass is 430 g/mol. The summed E-state index contributed by atoms with van der Waals surface area (Å²) in [6, 6.07) is 8.82. The molecule has 0 aliphatic carbocycles. The number of hydrogen-bond donors (Lipinski definition) is 1. The van der Waals surface area contributed by atoms with Crippen LogP contribution in [-0.2, 0) is 32.9 Å². The molecule has 2 aromatic rings. The molecule has 0 atom stereocenters. The van der Waals surface area contributed by atoms with Gasteiger partial charge in [-0.25, -0.2) is 21.1 Å². The van der Waals surface area contributed by atoms with Crippen LogP contribution in [0, 0.1) is 0 Å². The largest absolute Gasteiger partial charge is 0.279 e. The van der Waals surface area contributed by atoms with E-state index in [-0.39, 0.29) is 9.79 Å². The van der Waals surface area contributed by atoms with Crippen LogP contribution in [0.1, 0.15) is 25.0 Å². The fraction of sp³-hybridized carbons (Fsp3) is 0.333. The summed E-state index contributed by atoms with van der Waals surface area (Å²) < 4.78 is 54.1. The van der Waals surface area contributed by atoms with Crippen molar-refractivity contribution in [2.24, 2.45) is 0 Å². The summed E-state index contributed by atoms with van der Waals surface area (Å²) in [7, 11) is -4.96. The molecule has 1 N–H and O–H groups in total. The van der Waals surface area contributed by atoms with E-state index in [2.05, 4.69) is 4.72 Å². The zero-order valence-corrected chi connectivity index (χ0v) is 18.0. The van der Waals surface area contributed by atoms with E-state index >= 15 is 0 Å². The minimum atomic E-state index is -4.00. The molecule has 0 unspecified atom stereocenters. The Bertz CT molecular complexity index is 1050. The van der Waals surface area contributed by atoms with Crippen LogP contribution in [0.25, 0.3) is 0 Å². The van der Waals surface area contributed by atoms with Crippen molar-refractivity contribution in [2.45, 2.75) is 36.5 Å². The minimum Gasteiger partial charge on any atom is -0.279 e. The Morgan fingerprint density at radius 2 is 1.59 bits per heavy atom. The van der Waals surface area contributed by atoms with Crippen LogP contribution in [0.15, 0.2) is 46.2 Å². The molecular weight excluding hydrogens is 408 g/mol. The van der Waals surface area contributed by atoms with Gasteiger partial charge in [-0.05, 0) is 48.2 Å². The molecule has 27 heavy (non-hydrogen) atoms. The molecule has 148 valence electrons. The number of nitrogens with zero attached hydrogens (tertiary/aromatic N) is 1. The number of benzene rings is 2. The predicted octanol–water partition coefficient (Wildman–Crippen LogP) is 3.52. The molecule has 0 fully saturated rings. The van der Waals surface area contributed by atoms with Crippen molar-refractivity contribution in [3.63, 3.8) is 0 Å². The first-order chi connectivity index (χ1) is 12.5. The first-order valence-corrected chi connectivity index (χ1v) is 11.7. The van der Waals surface area contributed by atoms with Crippen molar-refractivity contribution in [3.8, 4) is 0 Å². The van der Waals surface area contributed by atoms with E-state index in [1.165, 1.54) is 32.3 Å². The van der Waals surface area contributed by atoms with E-state index in [4.69, 9.17) is 11.6 Å². The second-order valence-electron chi connectivity index (χ2n) is 6.13. The molecule has 0 aromatic heterocycles. The average molecular weight is 431 g/mol. The van der Waals surface area contributed by atoms with Crippen LogP contribution in [0.5, 0.6) is 0 Å². The lowest BCUT2D eigenvalue weighted by atomic mass is 10.0. The summed E-state index contributed by atoms with van der Waals surface area (Å²) in [6.07, 6.45) is 1.18. The molecule has 0 heterocycles. The molecule has 0 spiro atoms. The van der Waals surface area contributed by atoms with Crippen molar-refractivity contribution in [1.82, 2.24) is 4.31 Å². The van der Waals surface area contributed by atoms with E-state index in [9.17, 15) is 16.8 Å². The number of anilines is 1. The second kappa shape index (κ2) is 8.18. The lowest BCUT2D eigenvalue weighted by Crippen LogP contribution is -2.23. The van der Waals surface area contributed by atoms with Gasteiger partial charge in [0, 0.05) is 19.1 Å². The van der Waals surface area contributed by atoms with Gasteiger partial charge >= 0.3 is 0 Å². The maximum absolute atomic E-state index is 12.9. The van der Waals surface area contributed by atoms with Crippen LogP contribution in [0.3, 0.4) is 0 Å². The molecule has 0 saturated carbocycles. The van der Waals surface area contributed by atoms with E-state index in [1.807, 2.05) is 13.8 Å². The van der Waals surface area contributed by atoms with Crippen LogP contribution < -0.4 is 4.72 Å².